The smallest absolute Gasteiger partial charge is 0.309 e. The van der Waals surface area contributed by atoms with Crippen LogP contribution >= 0.6 is 0 Å². The minimum absolute atomic E-state index is 0.00524. The Kier molecular flexibility index (Phi) is 48.6. The van der Waals surface area contributed by atoms with Gasteiger partial charge in [0, 0.05) is 5.56 Å². The summed E-state index contributed by atoms with van der Waals surface area (Å²) in [4.78, 5) is 69.6. The lowest BCUT2D eigenvalue weighted by Gasteiger charge is -2.17. The quantitative estimate of drug-likeness (QED) is 0.0213. The highest BCUT2D eigenvalue weighted by molar-refractivity contribution is 5.76. The van der Waals surface area contributed by atoms with E-state index >= 15 is 0 Å². The van der Waals surface area contributed by atoms with Crippen molar-refractivity contribution >= 4 is 35.8 Å². The molecule has 0 unspecified atom stereocenters. The maximum absolute atomic E-state index is 13.3. The maximum Gasteiger partial charge on any atom is 0.309 e. The second kappa shape index (κ2) is 60.6. The van der Waals surface area contributed by atoms with Gasteiger partial charge in [0.05, 0.1) is 128 Å². The molecule has 1 N–H and O–H groups in total. The second-order valence-electron chi connectivity index (χ2n) is 34.9. The minimum atomic E-state index is -2.66. The van der Waals surface area contributed by atoms with Crippen molar-refractivity contribution in [2.24, 2.45) is 0 Å². The molecule has 12 aromatic rings. The highest BCUT2D eigenvalue weighted by Crippen LogP contribution is 2.45. The number of aliphatic hydroxyl groups is 1. The summed E-state index contributed by atoms with van der Waals surface area (Å²) in [5.41, 5.74) is 17.3. The van der Waals surface area contributed by atoms with Crippen molar-refractivity contribution in [3.8, 4) is 40.2 Å². The van der Waals surface area contributed by atoms with Crippen LogP contribution in [0, 0.1) is 55.4 Å². The Labute approximate surface area is 866 Å². The molecule has 150 heavy (non-hydrogen) atoms. The Hall–Kier alpha value is -14.8. The molecule has 0 bridgehead atoms. The SMILES string of the molecule is CCOc1cccc(CC(=O)OC)c1COc1ccc(C)cc1C(F)F.CCc1cccc(CC(=O)OC)c1COc1ccc(C)cc1C(F)F.COC(=O)Cc1cccc(C)c1COc1ccc(C)cc1C(F)F.COC(=O)Cc1cccc(C)c1COc1ccc(C)cc1C(F)F.COC(=O)Cc1cccc(C2CC2)c1COc1ccc(C)cc1C(F)F.COC(=O)Cc1cccc(CO)c1COc1ccc(C)cc1C(F)F. The molecule has 20 nitrogen and oxygen atoms in total. The van der Waals surface area contributed by atoms with Crippen LogP contribution < -0.4 is 33.2 Å². The number of methoxy groups -OCH3 is 6. The van der Waals surface area contributed by atoms with Crippen molar-refractivity contribution in [3.63, 3.8) is 0 Å². The first-order chi connectivity index (χ1) is 71.7. The van der Waals surface area contributed by atoms with Gasteiger partial charge in [0.1, 0.15) is 79.9 Å². The number of hydrogen-bond donors (Lipinski definition) is 1. The largest absolute Gasteiger partial charge is 0.493 e. The number of carbonyl (C=O) groups is 6. The zero-order valence-electron chi connectivity index (χ0n) is 86.6. The Balaban J connectivity index is 0.000000219. The summed E-state index contributed by atoms with van der Waals surface area (Å²) in [6.07, 6.45) is -12.2. The van der Waals surface area contributed by atoms with Gasteiger partial charge in [-0.15, -0.1) is 0 Å². The van der Waals surface area contributed by atoms with Gasteiger partial charge in [-0.3, -0.25) is 28.8 Å². The zero-order chi connectivity index (χ0) is 110. The number of benzene rings is 12. The summed E-state index contributed by atoms with van der Waals surface area (Å²) in [5, 5.41) is 9.52. The van der Waals surface area contributed by atoms with E-state index < -0.39 is 50.5 Å². The van der Waals surface area contributed by atoms with Gasteiger partial charge in [-0.25, -0.2) is 52.7 Å². The van der Waals surface area contributed by atoms with E-state index in [0.29, 0.717) is 51.7 Å². The molecule has 0 aliphatic heterocycles. The summed E-state index contributed by atoms with van der Waals surface area (Å²) in [7, 11) is 7.95. The maximum atomic E-state index is 13.3. The van der Waals surface area contributed by atoms with Crippen LogP contribution in [-0.2, 0) is 148 Å². The number of hydrogen-bond acceptors (Lipinski definition) is 20. The molecule has 1 fully saturated rings. The van der Waals surface area contributed by atoms with Crippen molar-refractivity contribution in [2.75, 3.05) is 49.3 Å². The van der Waals surface area contributed by atoms with Crippen LogP contribution in [0.4, 0.5) is 52.7 Å². The average Bonchev–Trinajstić information content (AvgIpc) is 1.66. The van der Waals surface area contributed by atoms with Gasteiger partial charge in [0.2, 0.25) is 0 Å². The van der Waals surface area contributed by atoms with Gasteiger partial charge in [0.25, 0.3) is 38.6 Å². The number of aryl methyl sites for hydroxylation is 9. The molecule has 13 rings (SSSR count). The highest BCUT2D eigenvalue weighted by Gasteiger charge is 2.30. The minimum Gasteiger partial charge on any atom is -0.493 e. The van der Waals surface area contributed by atoms with Crippen LogP contribution in [0.1, 0.15) is 232 Å². The third-order valence-corrected chi connectivity index (χ3v) is 24.2. The van der Waals surface area contributed by atoms with Gasteiger partial charge in [-0.05, 0) is 255 Å². The molecule has 0 radical (unpaired) electrons. The predicted molar refractivity (Wildman–Crippen MR) is 544 cm³/mol. The Bertz CT molecular complexity index is 6230. The molecule has 12 aromatic carbocycles. The first kappa shape index (κ1) is 120. The zero-order valence-corrected chi connectivity index (χ0v) is 86.6. The topological polar surface area (TPSA) is 243 Å². The van der Waals surface area contributed by atoms with E-state index in [9.17, 15) is 86.6 Å². The second-order valence-corrected chi connectivity index (χ2v) is 34.9. The molecule has 0 heterocycles. The number of aliphatic hydroxyl groups excluding tert-OH is 1. The molecule has 1 saturated carbocycles. The van der Waals surface area contributed by atoms with Crippen LogP contribution in [0.5, 0.6) is 40.2 Å². The molecule has 1 aliphatic rings. The molecule has 0 spiro atoms. The van der Waals surface area contributed by atoms with E-state index in [4.69, 9.17) is 56.8 Å². The summed E-state index contributed by atoms with van der Waals surface area (Å²) in [6.45, 7) is 18.8. The van der Waals surface area contributed by atoms with E-state index in [1.807, 2.05) is 100 Å². The molecular weight excluding hydrogens is 1970 g/mol. The van der Waals surface area contributed by atoms with Gasteiger partial charge < -0.3 is 66.7 Å². The van der Waals surface area contributed by atoms with E-state index in [2.05, 4.69) is 4.74 Å². The van der Waals surface area contributed by atoms with Gasteiger partial charge >= 0.3 is 35.8 Å². The van der Waals surface area contributed by atoms with Crippen LogP contribution in [0.2, 0.25) is 0 Å². The van der Waals surface area contributed by atoms with Crippen LogP contribution in [-0.4, -0.2) is 90.2 Å². The summed E-state index contributed by atoms with van der Waals surface area (Å²) < 4.78 is 227. The average molecular weight is 2090 g/mol. The fraction of sp³-hybridized carbons (Fsp3) is 0.339. The third-order valence-electron chi connectivity index (χ3n) is 24.2. The van der Waals surface area contributed by atoms with Gasteiger partial charge in [-0.2, -0.15) is 0 Å². The number of alkyl halides is 12. The lowest BCUT2D eigenvalue weighted by Crippen LogP contribution is -2.11. The number of rotatable bonds is 41. The van der Waals surface area contributed by atoms with E-state index in [1.165, 1.54) is 91.2 Å². The molecule has 0 saturated heterocycles. The summed E-state index contributed by atoms with van der Waals surface area (Å²) in [5.74, 6) is -0.363. The lowest BCUT2D eigenvalue weighted by atomic mass is 9.96. The number of halogens is 12. The van der Waals surface area contributed by atoms with Crippen molar-refractivity contribution in [1.82, 2.24) is 0 Å². The molecule has 0 aromatic heterocycles. The van der Waals surface area contributed by atoms with Crippen LogP contribution in [0.3, 0.4) is 0 Å². The summed E-state index contributed by atoms with van der Waals surface area (Å²) in [6, 6.07) is 61.1. The summed E-state index contributed by atoms with van der Waals surface area (Å²) >= 11 is 0. The molecule has 32 heteroatoms. The lowest BCUT2D eigenvalue weighted by molar-refractivity contribution is -0.140. The molecular formula is C118H126F12O20. The molecule has 0 amide bonds. The Morgan fingerprint density at radius 1 is 0.260 bits per heavy atom. The van der Waals surface area contributed by atoms with Crippen molar-refractivity contribution in [1.29, 1.82) is 0 Å². The first-order valence-corrected chi connectivity index (χ1v) is 48.0. The standard InChI is InChI=1S/C21H22F2O3.C20H22F2O4.C20H22F2O3.C19H20F2O4.2C19H20F2O3/c1-13-6-9-19(17(10-13)21(22)23)26-12-18-15(11-20(24)25-2)4-3-5-16(18)14-7-8-14;1-4-25-17-7-5-6-14(11-19(23)24-3)16(17)12-26-18-9-8-13(2)10-15(18)20(21)22;1-4-14-6-5-7-15(11-19(23)24-3)17(14)12-25-18-9-8-13(2)10-16(18)20(21)22;1-12-6-7-17(15(8-12)19(20)21)25-11-16-13(9-18(23)24-2)4-3-5-14(16)10-22;2*1-12-7-8-17(15(9-12)19(20)21)24-11-16-13(2)5-4-6-14(16)10-18(22)23-3/h3-6,9-10,14,21H,7-8,11-12H2,1-2H3;5-10,20H,4,11-12H2,1-3H3;5-10,20H,4,11-12H2,1-3H3;3-8,19,22H,9-11H2,1-2H3;2*4-9,19H,10-11H2,1-3H3. The third kappa shape index (κ3) is 36.9. The number of esters is 6. The van der Waals surface area contributed by atoms with Crippen LogP contribution in [0.25, 0.3) is 0 Å². The predicted octanol–water partition coefficient (Wildman–Crippen LogP) is 27.3. The molecule has 1 aliphatic carbocycles. The van der Waals surface area contributed by atoms with Gasteiger partial charge in [0.15, 0.2) is 0 Å². The van der Waals surface area contributed by atoms with E-state index in [1.54, 1.807) is 139 Å². The van der Waals surface area contributed by atoms with E-state index in [0.717, 1.165) is 114 Å². The molecule has 0 atom stereocenters. The first-order valence-electron chi connectivity index (χ1n) is 48.0. The number of carbonyl (C=O) groups excluding carboxylic acids is 6. The normalized spacial score (nSPS) is 11.3. The Morgan fingerprint density at radius 2 is 0.480 bits per heavy atom. The monoisotopic (exact) mass is 2090 g/mol. The fourth-order valence-electron chi connectivity index (χ4n) is 15.9. The van der Waals surface area contributed by atoms with Crippen molar-refractivity contribution < 1.29 is 148 Å². The highest BCUT2D eigenvalue weighted by atomic mass is 19.3. The van der Waals surface area contributed by atoms with Crippen molar-refractivity contribution in [2.45, 2.75) is 218 Å². The number of ether oxygens (including phenoxy) is 13. The van der Waals surface area contributed by atoms with E-state index in [-0.39, 0.29) is 177 Å². The fourth-order valence-corrected chi connectivity index (χ4v) is 15.9. The Morgan fingerprint density at radius 3 is 0.740 bits per heavy atom. The van der Waals surface area contributed by atoms with Gasteiger partial charge in [-0.1, -0.05) is 180 Å². The molecule has 802 valence electrons. The van der Waals surface area contributed by atoms with Crippen molar-refractivity contribution in [3.05, 3.63) is 380 Å². The van der Waals surface area contributed by atoms with Crippen LogP contribution in [0.15, 0.2) is 218 Å².